The Morgan fingerprint density at radius 1 is 0.870 bits per heavy atom. The molecule has 0 spiro atoms. The molecule has 46 heavy (non-hydrogen) atoms. The third-order valence-corrected chi connectivity index (χ3v) is 7.40. The molecular formula is C34H30F3N3O6. The Morgan fingerprint density at radius 3 is 2.26 bits per heavy atom. The van der Waals surface area contributed by atoms with Crippen LogP contribution < -0.4 is 20.1 Å². The minimum atomic E-state index is -4.51. The van der Waals surface area contributed by atoms with Crippen LogP contribution in [0.25, 0.3) is 0 Å². The van der Waals surface area contributed by atoms with Crippen LogP contribution in [0.4, 0.5) is 18.9 Å². The monoisotopic (exact) mass is 633 g/mol. The number of rotatable bonds is 10. The van der Waals surface area contributed by atoms with Crippen molar-refractivity contribution in [2.75, 3.05) is 5.32 Å². The number of aromatic nitrogens is 1. The van der Waals surface area contributed by atoms with Crippen molar-refractivity contribution in [2.24, 2.45) is 0 Å². The van der Waals surface area contributed by atoms with Crippen LogP contribution in [-0.4, -0.2) is 40.0 Å². The van der Waals surface area contributed by atoms with Gasteiger partial charge < -0.3 is 25.2 Å². The first kappa shape index (κ1) is 32.0. The van der Waals surface area contributed by atoms with Gasteiger partial charge in [-0.2, -0.15) is 13.2 Å². The van der Waals surface area contributed by atoms with Gasteiger partial charge in [0.15, 0.2) is 0 Å². The normalized spacial score (nSPS) is 16.2. The zero-order chi connectivity index (χ0) is 32.7. The highest BCUT2D eigenvalue weighted by atomic mass is 19.4. The highest BCUT2D eigenvalue weighted by molar-refractivity contribution is 6.01. The van der Waals surface area contributed by atoms with E-state index in [1.807, 2.05) is 0 Å². The number of carboxylic acids is 1. The first-order valence-corrected chi connectivity index (χ1v) is 14.5. The average Bonchev–Trinajstić information content (AvgIpc) is 3.03. The molecule has 0 bridgehead atoms. The van der Waals surface area contributed by atoms with E-state index >= 15 is 0 Å². The van der Waals surface area contributed by atoms with Crippen LogP contribution in [0, 0.1) is 0 Å². The zero-order valence-electron chi connectivity index (χ0n) is 24.4. The summed E-state index contributed by atoms with van der Waals surface area (Å²) in [7, 11) is 0. The number of hydrogen-bond donors (Lipinski definition) is 3. The van der Waals surface area contributed by atoms with Crippen LogP contribution in [-0.2, 0) is 17.4 Å². The van der Waals surface area contributed by atoms with E-state index in [0.717, 1.165) is 12.1 Å². The molecule has 12 heteroatoms. The second kappa shape index (κ2) is 14.1. The third kappa shape index (κ3) is 8.62. The predicted octanol–water partition coefficient (Wildman–Crippen LogP) is 6.89. The summed E-state index contributed by atoms with van der Waals surface area (Å²) in [6.45, 7) is 0. The van der Waals surface area contributed by atoms with Gasteiger partial charge in [0.1, 0.15) is 11.5 Å². The molecule has 0 radical (unpaired) electrons. The first-order valence-electron chi connectivity index (χ1n) is 14.5. The SMILES string of the molecule is O=C(Cc1ccc(Oc2ccc(OC3CCC(NC(=O)c4cccc(C(F)(F)F)c4)CC3)cc2)nc1)Nc1ccccc1C(=O)O. The quantitative estimate of drug-likeness (QED) is 0.174. The van der Waals surface area contributed by atoms with Gasteiger partial charge in [0, 0.05) is 23.9 Å². The van der Waals surface area contributed by atoms with Gasteiger partial charge >= 0.3 is 12.1 Å². The van der Waals surface area contributed by atoms with Crippen LogP contribution in [0.5, 0.6) is 17.4 Å². The Balaban J connectivity index is 1.06. The standard InChI is InChI=1S/C34H30F3N3O6/c35-34(36,37)23-5-3-4-22(19-23)32(42)39-24-9-11-25(12-10-24)45-26-13-15-27(16-14-26)46-31-17-8-21(20-38-31)18-30(41)40-29-7-2-1-6-28(29)33(43)44/h1-8,13-17,19-20,24-25H,9-12,18H2,(H,39,42)(H,40,41)(H,43,44). The smallest absolute Gasteiger partial charge is 0.416 e. The second-order valence-electron chi connectivity index (χ2n) is 10.8. The van der Waals surface area contributed by atoms with Crippen LogP contribution >= 0.6 is 0 Å². The summed E-state index contributed by atoms with van der Waals surface area (Å²) in [4.78, 5) is 40.5. The van der Waals surface area contributed by atoms with Crippen molar-refractivity contribution in [1.29, 1.82) is 0 Å². The number of para-hydroxylation sites is 1. The first-order chi connectivity index (χ1) is 22.0. The lowest BCUT2D eigenvalue weighted by molar-refractivity contribution is -0.137. The molecule has 3 aromatic carbocycles. The van der Waals surface area contributed by atoms with Crippen LogP contribution in [0.2, 0.25) is 0 Å². The molecule has 238 valence electrons. The van der Waals surface area contributed by atoms with Crippen molar-refractivity contribution >= 4 is 23.5 Å². The Labute approximate surface area is 262 Å². The number of alkyl halides is 3. The van der Waals surface area contributed by atoms with Gasteiger partial charge in [0.05, 0.1) is 29.3 Å². The Hall–Kier alpha value is -5.39. The molecule has 0 saturated heterocycles. The molecule has 9 nitrogen and oxygen atoms in total. The van der Waals surface area contributed by atoms with Crippen molar-refractivity contribution in [2.45, 2.75) is 50.4 Å². The number of anilines is 1. The molecule has 0 aliphatic heterocycles. The number of ether oxygens (including phenoxy) is 2. The van der Waals surface area contributed by atoms with Crippen LogP contribution in [0.3, 0.4) is 0 Å². The predicted molar refractivity (Wildman–Crippen MR) is 162 cm³/mol. The molecule has 3 N–H and O–H groups in total. The summed E-state index contributed by atoms with van der Waals surface area (Å²) in [5.74, 6) is -0.558. The van der Waals surface area contributed by atoms with Gasteiger partial charge in [-0.25, -0.2) is 9.78 Å². The van der Waals surface area contributed by atoms with Crippen molar-refractivity contribution in [3.8, 4) is 17.4 Å². The molecule has 1 saturated carbocycles. The van der Waals surface area contributed by atoms with Gasteiger partial charge in [-0.15, -0.1) is 0 Å². The number of carboxylic acid groups (broad SMARTS) is 1. The molecule has 2 amide bonds. The number of carbonyl (C=O) groups is 3. The van der Waals surface area contributed by atoms with Crippen molar-refractivity contribution in [3.63, 3.8) is 0 Å². The summed E-state index contributed by atoms with van der Waals surface area (Å²) >= 11 is 0. The summed E-state index contributed by atoms with van der Waals surface area (Å²) in [6, 6.07) is 20.7. The van der Waals surface area contributed by atoms with E-state index < -0.39 is 23.6 Å². The molecule has 4 aromatic rings. The minimum Gasteiger partial charge on any atom is -0.490 e. The van der Waals surface area contributed by atoms with Crippen LogP contribution in [0.1, 0.15) is 57.5 Å². The van der Waals surface area contributed by atoms with Crippen molar-refractivity contribution < 1.29 is 42.1 Å². The highest BCUT2D eigenvalue weighted by Gasteiger charge is 2.31. The number of benzene rings is 3. The fourth-order valence-corrected chi connectivity index (χ4v) is 5.06. The fourth-order valence-electron chi connectivity index (χ4n) is 5.06. The van der Waals surface area contributed by atoms with Crippen molar-refractivity contribution in [1.82, 2.24) is 10.3 Å². The van der Waals surface area contributed by atoms with Gasteiger partial charge in [-0.1, -0.05) is 24.3 Å². The van der Waals surface area contributed by atoms with E-state index in [2.05, 4.69) is 15.6 Å². The zero-order valence-corrected chi connectivity index (χ0v) is 24.4. The summed E-state index contributed by atoms with van der Waals surface area (Å²) in [5, 5.41) is 14.7. The number of nitrogens with zero attached hydrogens (tertiary/aromatic N) is 1. The lowest BCUT2D eigenvalue weighted by atomic mass is 9.92. The van der Waals surface area contributed by atoms with E-state index in [9.17, 15) is 32.7 Å². The lowest BCUT2D eigenvalue weighted by Gasteiger charge is -2.29. The molecular weight excluding hydrogens is 603 g/mol. The topological polar surface area (TPSA) is 127 Å². The maximum atomic E-state index is 13.0. The number of nitrogens with one attached hydrogen (secondary N) is 2. The van der Waals surface area contributed by atoms with Crippen molar-refractivity contribution in [3.05, 3.63) is 113 Å². The van der Waals surface area contributed by atoms with E-state index in [0.29, 0.717) is 48.6 Å². The number of aromatic carboxylic acids is 1. The Morgan fingerprint density at radius 2 is 1.59 bits per heavy atom. The summed E-state index contributed by atoms with van der Waals surface area (Å²) < 4.78 is 50.8. The molecule has 1 aliphatic carbocycles. The van der Waals surface area contributed by atoms with Crippen LogP contribution in [0.15, 0.2) is 91.1 Å². The van der Waals surface area contributed by atoms with E-state index in [4.69, 9.17) is 9.47 Å². The Kier molecular flexibility index (Phi) is 9.85. The second-order valence-corrected chi connectivity index (χ2v) is 10.8. The number of pyridine rings is 1. The lowest BCUT2D eigenvalue weighted by Crippen LogP contribution is -2.39. The number of amides is 2. The number of hydrogen-bond acceptors (Lipinski definition) is 6. The third-order valence-electron chi connectivity index (χ3n) is 7.40. The van der Waals surface area contributed by atoms with E-state index in [1.165, 1.54) is 30.5 Å². The summed E-state index contributed by atoms with van der Waals surface area (Å²) in [6.07, 6.45) is -0.465. The largest absolute Gasteiger partial charge is 0.490 e. The van der Waals surface area contributed by atoms with Gasteiger partial charge in [-0.05, 0) is 85.8 Å². The number of halogens is 3. The van der Waals surface area contributed by atoms with Gasteiger partial charge in [0.2, 0.25) is 11.8 Å². The molecule has 1 aromatic heterocycles. The summed E-state index contributed by atoms with van der Waals surface area (Å²) in [5.41, 5.74) is -0.0449. The average molecular weight is 634 g/mol. The molecule has 0 unspecified atom stereocenters. The van der Waals surface area contributed by atoms with E-state index in [-0.39, 0.29) is 41.3 Å². The molecule has 5 rings (SSSR count). The van der Waals surface area contributed by atoms with Gasteiger partial charge in [0.25, 0.3) is 5.91 Å². The molecule has 0 atom stereocenters. The molecule has 1 aliphatic rings. The maximum absolute atomic E-state index is 13.0. The highest BCUT2D eigenvalue weighted by Crippen LogP contribution is 2.30. The molecule has 1 fully saturated rings. The van der Waals surface area contributed by atoms with E-state index in [1.54, 1.807) is 48.5 Å². The van der Waals surface area contributed by atoms with Gasteiger partial charge in [-0.3, -0.25) is 9.59 Å². The maximum Gasteiger partial charge on any atom is 0.416 e. The number of carbonyl (C=O) groups excluding carboxylic acids is 2. The molecule has 1 heterocycles. The minimum absolute atomic E-state index is 0.00188. The Bertz CT molecular complexity index is 1690. The fraction of sp³-hybridized carbons (Fsp3) is 0.235.